The number of carbonyl (C=O) groups excluding carboxylic acids is 1. The van der Waals surface area contributed by atoms with Crippen LogP contribution in [0.1, 0.15) is 17.4 Å². The van der Waals surface area contributed by atoms with Crippen molar-refractivity contribution in [1.29, 1.82) is 0 Å². The third-order valence-electron chi connectivity index (χ3n) is 3.50. The van der Waals surface area contributed by atoms with E-state index >= 15 is 0 Å². The molecule has 2 aromatic rings. The summed E-state index contributed by atoms with van der Waals surface area (Å²) in [4.78, 5) is 22.9. The van der Waals surface area contributed by atoms with E-state index in [-0.39, 0.29) is 5.91 Å². The molecule has 0 saturated carbocycles. The SMILES string of the molecule is C/C=N/Nc1cc2nc(C(=O)NC)cn2c(N2CCOCC2)n1. The summed E-state index contributed by atoms with van der Waals surface area (Å²) in [5.74, 6) is 1.05. The van der Waals surface area contributed by atoms with Crippen LogP contribution in [0.25, 0.3) is 5.65 Å². The van der Waals surface area contributed by atoms with Crippen LogP contribution in [0.15, 0.2) is 17.4 Å². The van der Waals surface area contributed by atoms with Crippen LogP contribution in [0.2, 0.25) is 0 Å². The van der Waals surface area contributed by atoms with Gasteiger partial charge in [0.25, 0.3) is 5.91 Å². The zero-order chi connectivity index (χ0) is 16.2. The second-order valence-corrected chi connectivity index (χ2v) is 4.97. The molecule has 3 heterocycles. The molecule has 23 heavy (non-hydrogen) atoms. The first-order valence-corrected chi connectivity index (χ1v) is 7.41. The number of fused-ring (bicyclic) bond motifs is 1. The normalized spacial score (nSPS) is 15.3. The van der Waals surface area contributed by atoms with Crippen molar-refractivity contribution >= 4 is 29.5 Å². The Kier molecular flexibility index (Phi) is 4.38. The van der Waals surface area contributed by atoms with Crippen LogP contribution in [-0.2, 0) is 4.74 Å². The molecule has 1 saturated heterocycles. The summed E-state index contributed by atoms with van der Waals surface area (Å²) in [5.41, 5.74) is 3.85. The number of hydrazone groups is 1. The van der Waals surface area contributed by atoms with Gasteiger partial charge < -0.3 is 15.0 Å². The molecule has 0 spiro atoms. The van der Waals surface area contributed by atoms with Crippen LogP contribution >= 0.6 is 0 Å². The van der Waals surface area contributed by atoms with Gasteiger partial charge in [0.05, 0.1) is 13.2 Å². The Labute approximate surface area is 133 Å². The number of morpholine rings is 1. The quantitative estimate of drug-likeness (QED) is 0.624. The monoisotopic (exact) mass is 317 g/mol. The summed E-state index contributed by atoms with van der Waals surface area (Å²) in [6.45, 7) is 4.57. The molecule has 2 N–H and O–H groups in total. The van der Waals surface area contributed by atoms with Crippen LogP contribution in [0, 0.1) is 0 Å². The van der Waals surface area contributed by atoms with E-state index in [9.17, 15) is 4.79 Å². The first kappa shape index (κ1) is 15.2. The zero-order valence-electron chi connectivity index (χ0n) is 13.1. The van der Waals surface area contributed by atoms with Gasteiger partial charge in [-0.25, -0.2) is 4.98 Å². The Bertz CT molecular complexity index is 734. The topological polar surface area (TPSA) is 96.1 Å². The molecule has 2 aromatic heterocycles. The van der Waals surface area contributed by atoms with Crippen molar-refractivity contribution < 1.29 is 9.53 Å². The molecule has 0 aromatic carbocycles. The highest BCUT2D eigenvalue weighted by atomic mass is 16.5. The molecule has 1 aliphatic heterocycles. The Balaban J connectivity index is 2.08. The van der Waals surface area contributed by atoms with E-state index in [0.29, 0.717) is 36.3 Å². The number of carbonyl (C=O) groups is 1. The minimum Gasteiger partial charge on any atom is -0.378 e. The molecule has 1 aliphatic rings. The highest BCUT2D eigenvalue weighted by molar-refractivity contribution is 5.92. The first-order chi connectivity index (χ1) is 11.2. The average molecular weight is 317 g/mol. The molecule has 0 unspecified atom stereocenters. The van der Waals surface area contributed by atoms with Crippen molar-refractivity contribution in [2.75, 3.05) is 43.7 Å². The largest absolute Gasteiger partial charge is 0.378 e. The number of hydrogen-bond donors (Lipinski definition) is 2. The highest BCUT2D eigenvalue weighted by Crippen LogP contribution is 2.20. The molecule has 9 nitrogen and oxygen atoms in total. The second-order valence-electron chi connectivity index (χ2n) is 4.97. The van der Waals surface area contributed by atoms with Crippen LogP contribution in [0.4, 0.5) is 11.8 Å². The third kappa shape index (κ3) is 3.09. The van der Waals surface area contributed by atoms with Crippen LogP contribution in [-0.4, -0.2) is 59.8 Å². The van der Waals surface area contributed by atoms with Crippen molar-refractivity contribution in [2.45, 2.75) is 6.92 Å². The molecular formula is C14H19N7O2. The Morgan fingerprint density at radius 1 is 1.39 bits per heavy atom. The molecule has 1 amide bonds. The average Bonchev–Trinajstić information content (AvgIpc) is 3.03. The maximum Gasteiger partial charge on any atom is 0.271 e. The Morgan fingerprint density at radius 2 is 2.17 bits per heavy atom. The van der Waals surface area contributed by atoms with Gasteiger partial charge in [0.1, 0.15) is 11.3 Å². The second kappa shape index (κ2) is 6.61. The minimum atomic E-state index is -0.234. The molecule has 1 fully saturated rings. The van der Waals surface area contributed by atoms with Crippen LogP contribution in [0.5, 0.6) is 0 Å². The van der Waals surface area contributed by atoms with Crippen molar-refractivity contribution in [3.05, 3.63) is 18.0 Å². The fraction of sp³-hybridized carbons (Fsp3) is 0.429. The van der Waals surface area contributed by atoms with Crippen LogP contribution in [0.3, 0.4) is 0 Å². The Hall–Kier alpha value is -2.68. The van der Waals surface area contributed by atoms with Crippen molar-refractivity contribution in [1.82, 2.24) is 19.7 Å². The summed E-state index contributed by atoms with van der Waals surface area (Å²) >= 11 is 0. The minimum absolute atomic E-state index is 0.234. The predicted octanol–water partition coefficient (Wildman–Crippen LogP) is 0.343. The molecule has 0 atom stereocenters. The van der Waals surface area contributed by atoms with Gasteiger partial charge in [-0.1, -0.05) is 0 Å². The summed E-state index contributed by atoms with van der Waals surface area (Å²) in [5, 5.41) is 6.58. The predicted molar refractivity (Wildman–Crippen MR) is 87.2 cm³/mol. The summed E-state index contributed by atoms with van der Waals surface area (Å²) in [6.07, 6.45) is 3.33. The van der Waals surface area contributed by atoms with E-state index in [0.717, 1.165) is 13.1 Å². The lowest BCUT2D eigenvalue weighted by Crippen LogP contribution is -2.38. The molecular weight excluding hydrogens is 298 g/mol. The first-order valence-electron chi connectivity index (χ1n) is 7.41. The van der Waals surface area contributed by atoms with Crippen molar-refractivity contribution in [3.63, 3.8) is 0 Å². The standard InChI is InChI=1S/C14H19N7O2/c1-3-16-19-11-8-12-17-10(13(22)15-2)9-21(12)14(18-11)20-4-6-23-7-5-20/h3,8-9,19H,4-7H2,1-2H3,(H,15,22)/b16-3+. The van der Waals surface area contributed by atoms with Gasteiger partial charge in [0.15, 0.2) is 5.82 Å². The number of aromatic nitrogens is 3. The van der Waals surface area contributed by atoms with E-state index in [4.69, 9.17) is 4.74 Å². The molecule has 0 aliphatic carbocycles. The zero-order valence-corrected chi connectivity index (χ0v) is 13.1. The number of rotatable bonds is 4. The maximum atomic E-state index is 11.8. The van der Waals surface area contributed by atoms with Gasteiger partial charge in [-0.2, -0.15) is 10.1 Å². The molecule has 0 radical (unpaired) electrons. The van der Waals surface area contributed by atoms with Gasteiger partial charge in [-0.05, 0) is 6.92 Å². The number of imidazole rings is 1. The smallest absolute Gasteiger partial charge is 0.271 e. The fourth-order valence-electron chi connectivity index (χ4n) is 2.38. The van der Waals surface area contributed by atoms with Crippen molar-refractivity contribution in [2.24, 2.45) is 5.10 Å². The lowest BCUT2D eigenvalue weighted by molar-refractivity contribution is 0.0958. The lowest BCUT2D eigenvalue weighted by atomic mass is 10.4. The number of anilines is 2. The van der Waals surface area contributed by atoms with Gasteiger partial charge >= 0.3 is 0 Å². The highest BCUT2D eigenvalue weighted by Gasteiger charge is 2.19. The van der Waals surface area contributed by atoms with E-state index in [1.165, 1.54) is 0 Å². The van der Waals surface area contributed by atoms with Crippen LogP contribution < -0.4 is 15.6 Å². The maximum absolute atomic E-state index is 11.8. The van der Waals surface area contributed by atoms with E-state index in [1.54, 1.807) is 25.5 Å². The van der Waals surface area contributed by atoms with E-state index in [2.05, 4.69) is 30.7 Å². The number of hydrogen-bond acceptors (Lipinski definition) is 7. The number of ether oxygens (including phenoxy) is 1. The number of nitrogens with one attached hydrogen (secondary N) is 2. The van der Waals surface area contributed by atoms with Crippen molar-refractivity contribution in [3.8, 4) is 0 Å². The molecule has 9 heteroatoms. The van der Waals surface area contributed by atoms with Gasteiger partial charge in [-0.3, -0.25) is 14.6 Å². The van der Waals surface area contributed by atoms with Gasteiger partial charge in [0, 0.05) is 38.6 Å². The fourth-order valence-corrected chi connectivity index (χ4v) is 2.38. The third-order valence-corrected chi connectivity index (χ3v) is 3.50. The molecule has 0 bridgehead atoms. The molecule has 3 rings (SSSR count). The van der Waals surface area contributed by atoms with E-state index in [1.807, 2.05) is 11.3 Å². The Morgan fingerprint density at radius 3 is 2.87 bits per heavy atom. The van der Waals surface area contributed by atoms with Gasteiger partial charge in [-0.15, -0.1) is 0 Å². The van der Waals surface area contributed by atoms with Gasteiger partial charge in [0.2, 0.25) is 5.95 Å². The van der Waals surface area contributed by atoms with E-state index < -0.39 is 0 Å². The number of nitrogens with zero attached hydrogens (tertiary/aromatic N) is 5. The summed E-state index contributed by atoms with van der Waals surface area (Å²) < 4.78 is 7.21. The lowest BCUT2D eigenvalue weighted by Gasteiger charge is -2.28. The summed E-state index contributed by atoms with van der Waals surface area (Å²) in [6, 6.07) is 1.75. The number of amides is 1. The molecule has 122 valence electrons. The summed E-state index contributed by atoms with van der Waals surface area (Å²) in [7, 11) is 1.58.